The van der Waals surface area contributed by atoms with Crippen LogP contribution in [0.4, 0.5) is 0 Å². The van der Waals surface area contributed by atoms with Gasteiger partial charge in [-0.3, -0.25) is 0 Å². The minimum Gasteiger partial charge on any atom is -0.0854 e. The van der Waals surface area contributed by atoms with Crippen molar-refractivity contribution >= 4 is 21.6 Å². The Kier molecular flexibility index (Phi) is 12.9. The Bertz CT molecular complexity index is 98.7. The molecule has 0 aliphatic carbocycles. The third-order valence-corrected chi connectivity index (χ3v) is 3.76. The summed E-state index contributed by atoms with van der Waals surface area (Å²) < 4.78 is 0. The molecular formula is C11H22S2. The predicted octanol–water partition coefficient (Wildman–Crippen LogP) is 5.26. The van der Waals surface area contributed by atoms with Gasteiger partial charge >= 0.3 is 0 Å². The normalized spacial score (nSPS) is 14.0. The van der Waals surface area contributed by atoms with E-state index in [0.29, 0.717) is 0 Å². The molecule has 0 unspecified atom stereocenters. The van der Waals surface area contributed by atoms with Crippen molar-refractivity contribution in [2.75, 3.05) is 5.75 Å². The highest BCUT2D eigenvalue weighted by Gasteiger charge is 1.86. The fourth-order valence-electron chi connectivity index (χ4n) is 1.05. The SMILES string of the molecule is C1=CSSC1.CCCCCCCC. The monoisotopic (exact) mass is 218 g/mol. The van der Waals surface area contributed by atoms with Crippen LogP contribution >= 0.6 is 21.6 Å². The maximum absolute atomic E-state index is 2.26. The Hall–Kier alpha value is 0.440. The summed E-state index contributed by atoms with van der Waals surface area (Å²) in [7, 11) is 3.69. The van der Waals surface area contributed by atoms with Crippen molar-refractivity contribution < 1.29 is 0 Å². The van der Waals surface area contributed by atoms with Gasteiger partial charge in [0, 0.05) is 5.75 Å². The fourth-order valence-corrected chi connectivity index (χ4v) is 2.62. The Labute approximate surface area is 91.3 Å². The maximum Gasteiger partial charge on any atom is 0.0229 e. The summed E-state index contributed by atoms with van der Waals surface area (Å²) in [6, 6.07) is 0. The first-order valence-electron chi connectivity index (χ1n) is 5.35. The molecular weight excluding hydrogens is 196 g/mol. The van der Waals surface area contributed by atoms with Crippen LogP contribution < -0.4 is 0 Å². The van der Waals surface area contributed by atoms with Gasteiger partial charge < -0.3 is 0 Å². The zero-order chi connectivity index (χ0) is 9.78. The molecule has 1 aliphatic heterocycles. The molecule has 0 saturated carbocycles. The molecule has 1 heterocycles. The van der Waals surface area contributed by atoms with E-state index >= 15 is 0 Å². The van der Waals surface area contributed by atoms with Crippen molar-refractivity contribution in [3.8, 4) is 0 Å². The molecule has 0 aromatic heterocycles. The van der Waals surface area contributed by atoms with Crippen LogP contribution in [-0.4, -0.2) is 5.75 Å². The zero-order valence-corrected chi connectivity index (χ0v) is 10.6. The van der Waals surface area contributed by atoms with Gasteiger partial charge in [-0.2, -0.15) is 0 Å². The lowest BCUT2D eigenvalue weighted by Crippen LogP contribution is -1.73. The molecule has 0 bridgehead atoms. The summed E-state index contributed by atoms with van der Waals surface area (Å²) in [5.41, 5.74) is 0. The third-order valence-electron chi connectivity index (χ3n) is 1.84. The van der Waals surface area contributed by atoms with Crippen molar-refractivity contribution in [2.24, 2.45) is 0 Å². The summed E-state index contributed by atoms with van der Waals surface area (Å²) in [5.74, 6) is 1.20. The van der Waals surface area contributed by atoms with Crippen LogP contribution in [0.2, 0.25) is 0 Å². The van der Waals surface area contributed by atoms with Gasteiger partial charge in [0.25, 0.3) is 0 Å². The van der Waals surface area contributed by atoms with Gasteiger partial charge in [-0.1, -0.05) is 80.0 Å². The summed E-state index contributed by atoms with van der Waals surface area (Å²) in [4.78, 5) is 0. The van der Waals surface area contributed by atoms with E-state index in [9.17, 15) is 0 Å². The molecule has 0 atom stereocenters. The van der Waals surface area contributed by atoms with Crippen molar-refractivity contribution in [2.45, 2.75) is 52.4 Å². The number of rotatable bonds is 5. The molecule has 0 N–H and O–H groups in total. The highest BCUT2D eigenvalue weighted by Crippen LogP contribution is 2.27. The standard InChI is InChI=1S/C8H18.C3H4S2/c1-3-5-7-8-6-4-2;1-2-4-5-3-1/h3-8H2,1-2H3;1-2H,3H2. The molecule has 2 heteroatoms. The highest BCUT2D eigenvalue weighted by atomic mass is 33.1. The molecule has 13 heavy (non-hydrogen) atoms. The van der Waals surface area contributed by atoms with Gasteiger partial charge in [0.2, 0.25) is 0 Å². The lowest BCUT2D eigenvalue weighted by Gasteiger charge is -1.93. The van der Waals surface area contributed by atoms with Crippen molar-refractivity contribution in [1.82, 2.24) is 0 Å². The maximum atomic E-state index is 2.26. The topological polar surface area (TPSA) is 0 Å². The summed E-state index contributed by atoms with van der Waals surface area (Å²) in [6.45, 7) is 4.51. The third kappa shape index (κ3) is 12.4. The second-order valence-corrected chi connectivity index (χ2v) is 5.48. The fraction of sp³-hybridized carbons (Fsp3) is 0.818. The van der Waals surface area contributed by atoms with E-state index in [1.165, 1.54) is 44.3 Å². The molecule has 0 radical (unpaired) electrons. The largest absolute Gasteiger partial charge is 0.0854 e. The summed E-state index contributed by atoms with van der Waals surface area (Å²) in [6.07, 6.45) is 10.7. The van der Waals surface area contributed by atoms with Crippen LogP contribution in [0, 0.1) is 0 Å². The van der Waals surface area contributed by atoms with Gasteiger partial charge in [-0.25, -0.2) is 0 Å². The average molecular weight is 218 g/mol. The van der Waals surface area contributed by atoms with Crippen LogP contribution in [0.5, 0.6) is 0 Å². The second kappa shape index (κ2) is 12.4. The van der Waals surface area contributed by atoms with Gasteiger partial charge in [0.1, 0.15) is 0 Å². The van der Waals surface area contributed by atoms with Gasteiger partial charge in [0.05, 0.1) is 0 Å². The molecule has 0 saturated heterocycles. The van der Waals surface area contributed by atoms with Crippen LogP contribution in [0.15, 0.2) is 11.5 Å². The Morgan fingerprint density at radius 3 is 1.85 bits per heavy atom. The van der Waals surface area contributed by atoms with Crippen LogP contribution in [0.25, 0.3) is 0 Å². The minimum absolute atomic E-state index is 1.20. The molecule has 0 aromatic carbocycles. The van der Waals surface area contributed by atoms with Gasteiger partial charge in [0.15, 0.2) is 0 Å². The van der Waals surface area contributed by atoms with E-state index in [4.69, 9.17) is 0 Å². The van der Waals surface area contributed by atoms with Crippen LogP contribution in [-0.2, 0) is 0 Å². The summed E-state index contributed by atoms with van der Waals surface area (Å²) >= 11 is 0. The zero-order valence-electron chi connectivity index (χ0n) is 8.92. The van der Waals surface area contributed by atoms with E-state index in [1.54, 1.807) is 0 Å². The van der Waals surface area contributed by atoms with Crippen molar-refractivity contribution in [3.05, 3.63) is 11.5 Å². The van der Waals surface area contributed by atoms with Crippen molar-refractivity contribution in [3.63, 3.8) is 0 Å². The van der Waals surface area contributed by atoms with Crippen LogP contribution in [0.1, 0.15) is 52.4 Å². The lowest BCUT2D eigenvalue weighted by atomic mass is 10.1. The summed E-state index contributed by atoms with van der Waals surface area (Å²) in [5, 5.41) is 2.12. The Morgan fingerprint density at radius 1 is 1.00 bits per heavy atom. The quantitative estimate of drug-likeness (QED) is 0.456. The van der Waals surface area contributed by atoms with E-state index in [-0.39, 0.29) is 0 Å². The first-order valence-corrected chi connectivity index (χ1v) is 7.73. The number of hydrogen-bond acceptors (Lipinski definition) is 2. The molecule has 1 rings (SSSR count). The molecule has 78 valence electrons. The molecule has 1 aliphatic rings. The predicted molar refractivity (Wildman–Crippen MR) is 68.2 cm³/mol. The van der Waals surface area contributed by atoms with E-state index in [2.05, 4.69) is 25.3 Å². The van der Waals surface area contributed by atoms with Gasteiger partial charge in [-0.05, 0) is 5.41 Å². The van der Waals surface area contributed by atoms with Crippen molar-refractivity contribution in [1.29, 1.82) is 0 Å². The number of hydrogen-bond donors (Lipinski definition) is 0. The smallest absolute Gasteiger partial charge is 0.0229 e. The first-order chi connectivity index (χ1) is 6.41. The molecule has 0 fully saturated rings. The lowest BCUT2D eigenvalue weighted by molar-refractivity contribution is 0.624. The second-order valence-electron chi connectivity index (χ2n) is 3.17. The van der Waals surface area contributed by atoms with Gasteiger partial charge in [-0.15, -0.1) is 0 Å². The van der Waals surface area contributed by atoms with E-state index < -0.39 is 0 Å². The minimum atomic E-state index is 1.20. The molecule has 0 spiro atoms. The highest BCUT2D eigenvalue weighted by molar-refractivity contribution is 8.78. The Morgan fingerprint density at radius 2 is 1.62 bits per heavy atom. The Balaban J connectivity index is 0.000000243. The molecule has 0 nitrogen and oxygen atoms in total. The molecule has 0 aromatic rings. The van der Waals surface area contributed by atoms with E-state index in [0.717, 1.165) is 0 Å². The van der Waals surface area contributed by atoms with Crippen LogP contribution in [0.3, 0.4) is 0 Å². The average Bonchev–Trinajstić information content (AvgIpc) is 2.70. The first kappa shape index (κ1) is 13.4. The van der Waals surface area contributed by atoms with E-state index in [1.807, 2.05) is 21.6 Å². The molecule has 0 amide bonds. The number of unbranched alkanes of at least 4 members (excludes halogenated alkanes) is 5.